The molecule has 1 aliphatic heterocycles. The summed E-state index contributed by atoms with van der Waals surface area (Å²) in [5, 5.41) is 0.844. The lowest BCUT2D eigenvalue weighted by atomic mass is 10.4. The third-order valence-corrected chi connectivity index (χ3v) is 3.60. The zero-order valence-electron chi connectivity index (χ0n) is 8.93. The van der Waals surface area contributed by atoms with Crippen molar-refractivity contribution in [3.8, 4) is 0 Å². The number of hydrogen-bond acceptors (Lipinski definition) is 5. The molecule has 0 bridgehead atoms. The van der Waals surface area contributed by atoms with Crippen LogP contribution in [0.5, 0.6) is 0 Å². The van der Waals surface area contributed by atoms with Crippen LogP contribution in [0.25, 0.3) is 0 Å². The van der Waals surface area contributed by atoms with E-state index >= 15 is 0 Å². The average Bonchev–Trinajstić information content (AvgIpc) is 2.33. The summed E-state index contributed by atoms with van der Waals surface area (Å²) in [5.74, 6) is 1.03. The molecule has 16 heavy (non-hydrogen) atoms. The van der Waals surface area contributed by atoms with Crippen LogP contribution in [0.4, 0.5) is 0 Å². The molecule has 88 valence electrons. The van der Waals surface area contributed by atoms with Gasteiger partial charge in [-0.05, 0) is 15.9 Å². The van der Waals surface area contributed by atoms with Gasteiger partial charge in [0, 0.05) is 37.8 Å². The Morgan fingerprint density at radius 1 is 1.31 bits per heavy atom. The Balaban J connectivity index is 1.69. The van der Waals surface area contributed by atoms with Crippen molar-refractivity contribution >= 4 is 27.7 Å². The van der Waals surface area contributed by atoms with E-state index in [1.54, 1.807) is 24.2 Å². The summed E-state index contributed by atoms with van der Waals surface area (Å²) in [6.07, 6.45) is 3.56. The highest BCUT2D eigenvalue weighted by Gasteiger charge is 2.09. The Hall–Kier alpha value is -0.170. The van der Waals surface area contributed by atoms with Gasteiger partial charge in [0.25, 0.3) is 0 Å². The second kappa shape index (κ2) is 6.54. The number of hydrogen-bond donors (Lipinski definition) is 0. The highest BCUT2D eigenvalue weighted by Crippen LogP contribution is 2.14. The van der Waals surface area contributed by atoms with E-state index in [4.69, 9.17) is 4.74 Å². The minimum atomic E-state index is 0.844. The fraction of sp³-hybridized carbons (Fsp3) is 0.600. The molecule has 0 aliphatic carbocycles. The van der Waals surface area contributed by atoms with E-state index in [1.165, 1.54) is 0 Å². The molecule has 0 aromatic carbocycles. The maximum absolute atomic E-state index is 5.30. The van der Waals surface area contributed by atoms with E-state index in [1.807, 2.05) is 0 Å². The summed E-state index contributed by atoms with van der Waals surface area (Å²) in [7, 11) is 0. The molecular formula is C10H14BrN3OS. The lowest BCUT2D eigenvalue weighted by molar-refractivity contribution is 0.0410. The van der Waals surface area contributed by atoms with Gasteiger partial charge in [0.1, 0.15) is 0 Å². The quantitative estimate of drug-likeness (QED) is 0.625. The van der Waals surface area contributed by atoms with E-state index in [0.717, 1.165) is 48.2 Å². The van der Waals surface area contributed by atoms with Crippen LogP contribution in [0, 0.1) is 0 Å². The van der Waals surface area contributed by atoms with Crippen LogP contribution in [-0.2, 0) is 4.74 Å². The van der Waals surface area contributed by atoms with Crippen LogP contribution in [0.15, 0.2) is 22.0 Å². The van der Waals surface area contributed by atoms with Crippen molar-refractivity contribution in [3.63, 3.8) is 0 Å². The van der Waals surface area contributed by atoms with E-state index in [-0.39, 0.29) is 0 Å². The smallest absolute Gasteiger partial charge is 0.187 e. The zero-order chi connectivity index (χ0) is 11.2. The van der Waals surface area contributed by atoms with E-state index < -0.39 is 0 Å². The topological polar surface area (TPSA) is 38.2 Å². The first-order valence-corrected chi connectivity index (χ1v) is 7.03. The highest BCUT2D eigenvalue weighted by molar-refractivity contribution is 9.10. The molecule has 0 saturated carbocycles. The van der Waals surface area contributed by atoms with E-state index in [2.05, 4.69) is 30.8 Å². The molecule has 2 rings (SSSR count). The van der Waals surface area contributed by atoms with Crippen molar-refractivity contribution in [2.45, 2.75) is 5.16 Å². The maximum atomic E-state index is 5.30. The van der Waals surface area contributed by atoms with Gasteiger partial charge in [0.15, 0.2) is 5.16 Å². The molecule has 0 radical (unpaired) electrons. The molecule has 1 fully saturated rings. The van der Waals surface area contributed by atoms with Crippen molar-refractivity contribution < 1.29 is 4.74 Å². The lowest BCUT2D eigenvalue weighted by Gasteiger charge is -2.26. The van der Waals surface area contributed by atoms with Crippen LogP contribution < -0.4 is 0 Å². The van der Waals surface area contributed by atoms with Crippen LogP contribution >= 0.6 is 27.7 Å². The number of aromatic nitrogens is 2. The number of halogens is 1. The largest absolute Gasteiger partial charge is 0.379 e. The molecule has 1 saturated heterocycles. The SMILES string of the molecule is Brc1cnc(SCCN2CCOCC2)nc1. The lowest BCUT2D eigenvalue weighted by Crippen LogP contribution is -2.37. The molecule has 6 heteroatoms. The molecule has 1 aliphatic rings. The van der Waals surface area contributed by atoms with Gasteiger partial charge in [-0.3, -0.25) is 4.90 Å². The molecule has 4 nitrogen and oxygen atoms in total. The average molecular weight is 304 g/mol. The summed E-state index contributed by atoms with van der Waals surface area (Å²) >= 11 is 5.02. The van der Waals surface area contributed by atoms with Crippen molar-refractivity contribution in [2.75, 3.05) is 38.6 Å². The third-order valence-electron chi connectivity index (χ3n) is 2.34. The van der Waals surface area contributed by atoms with Crippen molar-refractivity contribution in [2.24, 2.45) is 0 Å². The van der Waals surface area contributed by atoms with Gasteiger partial charge in [0.05, 0.1) is 17.7 Å². The van der Waals surface area contributed by atoms with Crippen LogP contribution in [0.3, 0.4) is 0 Å². The molecule has 0 spiro atoms. The Kier molecular flexibility index (Phi) is 5.02. The molecular weight excluding hydrogens is 290 g/mol. The minimum absolute atomic E-state index is 0.844. The number of thioether (sulfide) groups is 1. The van der Waals surface area contributed by atoms with Gasteiger partial charge in [-0.1, -0.05) is 11.8 Å². The number of morpholine rings is 1. The van der Waals surface area contributed by atoms with Crippen molar-refractivity contribution in [1.29, 1.82) is 0 Å². The molecule has 2 heterocycles. The second-order valence-electron chi connectivity index (χ2n) is 3.49. The first kappa shape index (κ1) is 12.3. The highest BCUT2D eigenvalue weighted by atomic mass is 79.9. The van der Waals surface area contributed by atoms with Gasteiger partial charge >= 0.3 is 0 Å². The van der Waals surface area contributed by atoms with Crippen molar-refractivity contribution in [3.05, 3.63) is 16.9 Å². The fourth-order valence-corrected chi connectivity index (χ4v) is 2.46. The Bertz CT molecular complexity index is 316. The third kappa shape index (κ3) is 4.01. The van der Waals surface area contributed by atoms with Gasteiger partial charge < -0.3 is 4.74 Å². The number of rotatable bonds is 4. The first-order valence-electron chi connectivity index (χ1n) is 5.25. The fourth-order valence-electron chi connectivity index (χ4n) is 1.47. The second-order valence-corrected chi connectivity index (χ2v) is 5.46. The van der Waals surface area contributed by atoms with Crippen LogP contribution in [0.2, 0.25) is 0 Å². The van der Waals surface area contributed by atoms with Gasteiger partial charge in [0.2, 0.25) is 0 Å². The molecule has 0 N–H and O–H groups in total. The van der Waals surface area contributed by atoms with Gasteiger partial charge in [-0.2, -0.15) is 0 Å². The summed E-state index contributed by atoms with van der Waals surface area (Å²) in [4.78, 5) is 10.9. The summed E-state index contributed by atoms with van der Waals surface area (Å²) in [6, 6.07) is 0. The zero-order valence-corrected chi connectivity index (χ0v) is 11.3. The minimum Gasteiger partial charge on any atom is -0.379 e. The molecule has 1 aromatic heterocycles. The standard InChI is InChI=1S/C10H14BrN3OS/c11-9-7-12-10(13-8-9)16-6-3-14-1-4-15-5-2-14/h7-8H,1-6H2. The van der Waals surface area contributed by atoms with Gasteiger partial charge in [-0.25, -0.2) is 9.97 Å². The monoisotopic (exact) mass is 303 g/mol. The van der Waals surface area contributed by atoms with E-state index in [9.17, 15) is 0 Å². The summed E-state index contributed by atoms with van der Waals surface area (Å²) in [5.41, 5.74) is 0. The van der Waals surface area contributed by atoms with Crippen LogP contribution in [0.1, 0.15) is 0 Å². The maximum Gasteiger partial charge on any atom is 0.187 e. The van der Waals surface area contributed by atoms with Gasteiger partial charge in [-0.15, -0.1) is 0 Å². The normalized spacial score (nSPS) is 17.6. The molecule has 0 unspecified atom stereocenters. The number of nitrogens with zero attached hydrogens (tertiary/aromatic N) is 3. The molecule has 0 amide bonds. The Labute approximate surface area is 108 Å². The van der Waals surface area contributed by atoms with Crippen LogP contribution in [-0.4, -0.2) is 53.5 Å². The van der Waals surface area contributed by atoms with Crippen molar-refractivity contribution in [1.82, 2.24) is 14.9 Å². The predicted molar refractivity (Wildman–Crippen MR) is 67.7 cm³/mol. The first-order chi connectivity index (χ1) is 7.84. The molecule has 0 atom stereocenters. The summed E-state index contributed by atoms with van der Waals surface area (Å²) < 4.78 is 6.22. The number of ether oxygens (including phenoxy) is 1. The molecule has 1 aromatic rings. The Morgan fingerprint density at radius 3 is 2.69 bits per heavy atom. The van der Waals surface area contributed by atoms with E-state index in [0.29, 0.717) is 0 Å². The summed E-state index contributed by atoms with van der Waals surface area (Å²) in [6.45, 7) is 4.88. The predicted octanol–water partition coefficient (Wildman–Crippen LogP) is 1.66. The Morgan fingerprint density at radius 2 is 2.00 bits per heavy atom.